The predicted octanol–water partition coefficient (Wildman–Crippen LogP) is 2.41. The number of aromatic nitrogens is 2. The Morgan fingerprint density at radius 3 is 2.61 bits per heavy atom. The van der Waals surface area contributed by atoms with Crippen LogP contribution >= 0.6 is 0 Å². The van der Waals surface area contributed by atoms with Crippen molar-refractivity contribution < 1.29 is 9.90 Å². The second kappa shape index (κ2) is 5.80. The fourth-order valence-electron chi connectivity index (χ4n) is 2.32. The van der Waals surface area contributed by atoms with Gasteiger partial charge in [0.15, 0.2) is 5.69 Å². The maximum atomic E-state index is 10.6. The first-order valence-electron chi connectivity index (χ1n) is 6.46. The van der Waals surface area contributed by atoms with Gasteiger partial charge in [0, 0.05) is 6.54 Å². The third kappa shape index (κ3) is 3.42. The summed E-state index contributed by atoms with van der Waals surface area (Å²) < 4.78 is 0. The molecule has 0 saturated heterocycles. The molecule has 1 aliphatic carbocycles. The van der Waals surface area contributed by atoms with E-state index in [0.29, 0.717) is 11.7 Å². The van der Waals surface area contributed by atoms with Crippen LogP contribution in [0.25, 0.3) is 0 Å². The van der Waals surface area contributed by atoms with Gasteiger partial charge < -0.3 is 10.4 Å². The van der Waals surface area contributed by atoms with Crippen LogP contribution < -0.4 is 5.32 Å². The van der Waals surface area contributed by atoms with Gasteiger partial charge in [-0.2, -0.15) is 0 Å². The van der Waals surface area contributed by atoms with E-state index in [-0.39, 0.29) is 5.69 Å². The zero-order valence-corrected chi connectivity index (χ0v) is 10.6. The molecule has 0 unspecified atom stereocenters. The smallest absolute Gasteiger partial charge is 0.356 e. The van der Waals surface area contributed by atoms with E-state index >= 15 is 0 Å². The summed E-state index contributed by atoms with van der Waals surface area (Å²) in [7, 11) is 0. The van der Waals surface area contributed by atoms with Crippen LogP contribution in [-0.4, -0.2) is 27.8 Å². The molecule has 1 heterocycles. The van der Waals surface area contributed by atoms with E-state index < -0.39 is 5.97 Å². The van der Waals surface area contributed by atoms with Crippen molar-refractivity contribution in [1.82, 2.24) is 10.2 Å². The molecule has 0 aromatic carbocycles. The molecule has 0 bridgehead atoms. The number of hydrogen-bond donors (Lipinski definition) is 2. The van der Waals surface area contributed by atoms with E-state index in [1.807, 2.05) is 0 Å². The predicted molar refractivity (Wildman–Crippen MR) is 68.6 cm³/mol. The van der Waals surface area contributed by atoms with Gasteiger partial charge in [0.05, 0.1) is 0 Å². The molecular formula is C13H19N3O2. The molecule has 0 spiro atoms. The molecule has 5 nitrogen and oxygen atoms in total. The third-order valence-electron chi connectivity index (χ3n) is 3.59. The van der Waals surface area contributed by atoms with Crippen LogP contribution in [0.5, 0.6) is 0 Å². The molecule has 0 radical (unpaired) electrons. The summed E-state index contributed by atoms with van der Waals surface area (Å²) in [6.45, 7) is 3.20. The van der Waals surface area contributed by atoms with Gasteiger partial charge in [0.1, 0.15) is 5.82 Å². The van der Waals surface area contributed by atoms with Crippen LogP contribution in [0.1, 0.15) is 43.1 Å². The minimum absolute atomic E-state index is 0.0213. The highest BCUT2D eigenvalue weighted by Gasteiger charge is 2.18. The van der Waals surface area contributed by atoms with Crippen LogP contribution in [0.15, 0.2) is 12.1 Å². The number of anilines is 1. The zero-order valence-electron chi connectivity index (χ0n) is 10.6. The first-order valence-corrected chi connectivity index (χ1v) is 6.46. The van der Waals surface area contributed by atoms with E-state index in [2.05, 4.69) is 22.4 Å². The Balaban J connectivity index is 1.81. The van der Waals surface area contributed by atoms with Crippen molar-refractivity contribution in [3.63, 3.8) is 0 Å². The van der Waals surface area contributed by atoms with Crippen molar-refractivity contribution in [3.05, 3.63) is 17.8 Å². The minimum Gasteiger partial charge on any atom is -0.476 e. The Morgan fingerprint density at radius 1 is 1.33 bits per heavy atom. The number of nitrogens with zero attached hydrogens (tertiary/aromatic N) is 2. The van der Waals surface area contributed by atoms with E-state index in [1.54, 1.807) is 6.07 Å². The van der Waals surface area contributed by atoms with E-state index in [1.165, 1.54) is 31.7 Å². The highest BCUT2D eigenvalue weighted by atomic mass is 16.4. The molecule has 18 heavy (non-hydrogen) atoms. The van der Waals surface area contributed by atoms with Gasteiger partial charge in [-0.25, -0.2) is 4.79 Å². The molecule has 0 aliphatic heterocycles. The average Bonchev–Trinajstić information content (AvgIpc) is 2.38. The molecular weight excluding hydrogens is 230 g/mol. The Hall–Kier alpha value is -1.65. The van der Waals surface area contributed by atoms with Crippen molar-refractivity contribution >= 4 is 11.8 Å². The molecule has 5 heteroatoms. The topological polar surface area (TPSA) is 75.1 Å². The SMILES string of the molecule is CC1CCC(CNc2ccc(C(=O)O)nn2)CC1. The highest BCUT2D eigenvalue weighted by molar-refractivity contribution is 5.85. The van der Waals surface area contributed by atoms with Crippen LogP contribution in [0.2, 0.25) is 0 Å². The first-order chi connectivity index (χ1) is 8.65. The Bertz CT molecular complexity index is 397. The summed E-state index contributed by atoms with van der Waals surface area (Å²) in [5.41, 5.74) is -0.0213. The monoisotopic (exact) mass is 249 g/mol. The van der Waals surface area contributed by atoms with E-state index in [0.717, 1.165) is 12.5 Å². The van der Waals surface area contributed by atoms with Crippen molar-refractivity contribution in [2.45, 2.75) is 32.6 Å². The summed E-state index contributed by atoms with van der Waals surface area (Å²) in [5.74, 6) is 1.16. The summed E-state index contributed by atoms with van der Waals surface area (Å²) in [4.78, 5) is 10.6. The number of carbonyl (C=O) groups is 1. The molecule has 1 aromatic heterocycles. The average molecular weight is 249 g/mol. The van der Waals surface area contributed by atoms with Gasteiger partial charge in [-0.15, -0.1) is 10.2 Å². The largest absolute Gasteiger partial charge is 0.476 e. The molecule has 0 amide bonds. The Morgan fingerprint density at radius 2 is 2.06 bits per heavy atom. The minimum atomic E-state index is -1.05. The lowest BCUT2D eigenvalue weighted by atomic mass is 9.83. The zero-order chi connectivity index (χ0) is 13.0. The van der Waals surface area contributed by atoms with Crippen molar-refractivity contribution in [3.8, 4) is 0 Å². The second-order valence-electron chi connectivity index (χ2n) is 5.12. The van der Waals surface area contributed by atoms with Crippen molar-refractivity contribution in [2.75, 3.05) is 11.9 Å². The molecule has 1 aliphatic rings. The summed E-state index contributed by atoms with van der Waals surface area (Å²) >= 11 is 0. The van der Waals surface area contributed by atoms with Crippen LogP contribution in [-0.2, 0) is 0 Å². The summed E-state index contributed by atoms with van der Waals surface area (Å²) in [6.07, 6.45) is 5.12. The van der Waals surface area contributed by atoms with E-state index in [9.17, 15) is 4.79 Å². The number of carboxylic acid groups (broad SMARTS) is 1. The first kappa shape index (κ1) is 12.8. The van der Waals surface area contributed by atoms with Gasteiger partial charge in [-0.1, -0.05) is 19.8 Å². The number of aromatic carboxylic acids is 1. The Kier molecular flexibility index (Phi) is 4.12. The quantitative estimate of drug-likeness (QED) is 0.857. The maximum absolute atomic E-state index is 10.6. The number of nitrogens with one attached hydrogen (secondary N) is 1. The van der Waals surface area contributed by atoms with Gasteiger partial charge in [-0.05, 0) is 36.8 Å². The fraction of sp³-hybridized carbons (Fsp3) is 0.615. The normalized spacial score (nSPS) is 23.6. The van der Waals surface area contributed by atoms with Gasteiger partial charge in [0.25, 0.3) is 0 Å². The Labute approximate surface area is 107 Å². The fourth-order valence-corrected chi connectivity index (χ4v) is 2.32. The van der Waals surface area contributed by atoms with Gasteiger partial charge in [0.2, 0.25) is 0 Å². The van der Waals surface area contributed by atoms with E-state index in [4.69, 9.17) is 5.11 Å². The van der Waals surface area contributed by atoms with Crippen LogP contribution in [0.3, 0.4) is 0 Å². The second-order valence-corrected chi connectivity index (χ2v) is 5.12. The molecule has 1 aromatic rings. The van der Waals surface area contributed by atoms with Crippen LogP contribution in [0, 0.1) is 11.8 Å². The molecule has 1 saturated carbocycles. The molecule has 1 fully saturated rings. The molecule has 98 valence electrons. The maximum Gasteiger partial charge on any atom is 0.356 e. The number of rotatable bonds is 4. The standard InChI is InChI=1S/C13H19N3O2/c1-9-2-4-10(5-3-9)8-14-12-7-6-11(13(17)18)15-16-12/h6-7,9-10H,2-5,8H2,1H3,(H,14,16)(H,17,18). The van der Waals surface area contributed by atoms with Crippen LogP contribution in [0.4, 0.5) is 5.82 Å². The third-order valence-corrected chi connectivity index (χ3v) is 3.59. The summed E-state index contributed by atoms with van der Waals surface area (Å²) in [6, 6.07) is 3.14. The summed E-state index contributed by atoms with van der Waals surface area (Å²) in [5, 5.41) is 19.4. The van der Waals surface area contributed by atoms with Crippen molar-refractivity contribution in [2.24, 2.45) is 11.8 Å². The lowest BCUT2D eigenvalue weighted by Crippen LogP contribution is -2.20. The lowest BCUT2D eigenvalue weighted by Gasteiger charge is -2.26. The molecule has 2 rings (SSSR count). The highest BCUT2D eigenvalue weighted by Crippen LogP contribution is 2.28. The lowest BCUT2D eigenvalue weighted by molar-refractivity contribution is 0.0689. The molecule has 2 N–H and O–H groups in total. The number of carboxylic acids is 1. The van der Waals surface area contributed by atoms with Gasteiger partial charge >= 0.3 is 5.97 Å². The van der Waals surface area contributed by atoms with Gasteiger partial charge in [-0.3, -0.25) is 0 Å². The molecule has 0 atom stereocenters. The van der Waals surface area contributed by atoms with Crippen molar-refractivity contribution in [1.29, 1.82) is 0 Å². The number of hydrogen-bond acceptors (Lipinski definition) is 4.